The van der Waals surface area contributed by atoms with Crippen LogP contribution in [0.4, 0.5) is 5.69 Å². The molecule has 1 heterocycles. The van der Waals surface area contributed by atoms with E-state index >= 15 is 0 Å². The molecule has 2 aromatic carbocycles. The second-order valence-corrected chi connectivity index (χ2v) is 7.45. The average Bonchev–Trinajstić information content (AvgIpc) is 2.61. The zero-order valence-electron chi connectivity index (χ0n) is 14.8. The van der Waals surface area contributed by atoms with Gasteiger partial charge in [0.15, 0.2) is 0 Å². The standard InChI is InChI=1S/C20H23Cl2N3O/c1-15-3-2-4-19(11-15)25-9-7-24(8-10-25)6-5-23-20(26)16-12-17(21)14-18(22)13-16/h2-4,11-14H,5-10H2,1H3,(H,23,26). The van der Waals surface area contributed by atoms with E-state index in [1.54, 1.807) is 18.2 Å². The zero-order chi connectivity index (χ0) is 18.5. The monoisotopic (exact) mass is 391 g/mol. The first-order chi connectivity index (χ1) is 12.5. The van der Waals surface area contributed by atoms with E-state index < -0.39 is 0 Å². The number of aryl methyl sites for hydroxylation is 1. The maximum Gasteiger partial charge on any atom is 0.251 e. The predicted molar refractivity (Wildman–Crippen MR) is 109 cm³/mol. The Morgan fingerprint density at radius 3 is 2.38 bits per heavy atom. The molecule has 138 valence electrons. The Hall–Kier alpha value is -1.75. The van der Waals surface area contributed by atoms with Crippen molar-refractivity contribution in [3.8, 4) is 0 Å². The van der Waals surface area contributed by atoms with Crippen LogP contribution in [0.3, 0.4) is 0 Å². The lowest BCUT2D eigenvalue weighted by Crippen LogP contribution is -2.48. The van der Waals surface area contributed by atoms with Crippen molar-refractivity contribution in [2.75, 3.05) is 44.2 Å². The van der Waals surface area contributed by atoms with Crippen LogP contribution >= 0.6 is 23.2 Å². The normalized spacial score (nSPS) is 15.1. The van der Waals surface area contributed by atoms with Crippen LogP contribution in [0.2, 0.25) is 10.0 Å². The van der Waals surface area contributed by atoms with E-state index in [1.165, 1.54) is 11.3 Å². The molecule has 0 bridgehead atoms. The van der Waals surface area contributed by atoms with Crippen molar-refractivity contribution >= 4 is 34.8 Å². The molecule has 1 fully saturated rings. The minimum atomic E-state index is -0.146. The lowest BCUT2D eigenvalue weighted by molar-refractivity contribution is 0.0948. The van der Waals surface area contributed by atoms with Crippen molar-refractivity contribution in [2.45, 2.75) is 6.92 Å². The molecule has 2 aromatic rings. The highest BCUT2D eigenvalue weighted by atomic mass is 35.5. The molecular weight excluding hydrogens is 369 g/mol. The van der Waals surface area contributed by atoms with E-state index in [0.29, 0.717) is 22.2 Å². The van der Waals surface area contributed by atoms with Crippen LogP contribution < -0.4 is 10.2 Å². The molecule has 3 rings (SSSR count). The second kappa shape index (κ2) is 8.76. The van der Waals surface area contributed by atoms with Gasteiger partial charge in [-0.05, 0) is 42.8 Å². The number of piperazine rings is 1. The summed E-state index contributed by atoms with van der Waals surface area (Å²) in [5.41, 5.74) is 3.07. The van der Waals surface area contributed by atoms with E-state index in [1.807, 2.05) is 0 Å². The first-order valence-corrected chi connectivity index (χ1v) is 9.55. The van der Waals surface area contributed by atoms with Crippen molar-refractivity contribution in [3.05, 3.63) is 63.6 Å². The molecule has 0 spiro atoms. The van der Waals surface area contributed by atoms with Crippen LogP contribution in [-0.2, 0) is 0 Å². The number of hydrogen-bond donors (Lipinski definition) is 1. The quantitative estimate of drug-likeness (QED) is 0.840. The van der Waals surface area contributed by atoms with Gasteiger partial charge < -0.3 is 10.2 Å². The zero-order valence-corrected chi connectivity index (χ0v) is 16.4. The SMILES string of the molecule is Cc1cccc(N2CCN(CCNC(=O)c3cc(Cl)cc(Cl)c3)CC2)c1. The van der Waals surface area contributed by atoms with Crippen molar-refractivity contribution in [1.82, 2.24) is 10.2 Å². The Balaban J connectivity index is 1.43. The molecule has 1 aliphatic rings. The second-order valence-electron chi connectivity index (χ2n) is 6.58. The van der Waals surface area contributed by atoms with Gasteiger partial charge in [0, 0.05) is 60.6 Å². The fourth-order valence-corrected chi connectivity index (χ4v) is 3.69. The van der Waals surface area contributed by atoms with Crippen molar-refractivity contribution in [1.29, 1.82) is 0 Å². The Labute approximate surface area is 164 Å². The van der Waals surface area contributed by atoms with Crippen molar-refractivity contribution in [2.24, 2.45) is 0 Å². The van der Waals surface area contributed by atoms with Crippen LogP contribution in [0.15, 0.2) is 42.5 Å². The molecule has 26 heavy (non-hydrogen) atoms. The molecule has 1 amide bonds. The summed E-state index contributed by atoms with van der Waals surface area (Å²) < 4.78 is 0. The molecule has 0 aliphatic carbocycles. The van der Waals surface area contributed by atoms with Crippen LogP contribution in [0.5, 0.6) is 0 Å². The summed E-state index contributed by atoms with van der Waals surface area (Å²) in [6, 6.07) is 13.5. The number of carbonyl (C=O) groups excluding carboxylic acids is 1. The van der Waals surface area contributed by atoms with E-state index in [2.05, 4.69) is 46.3 Å². The Bertz CT molecular complexity index is 753. The van der Waals surface area contributed by atoms with Gasteiger partial charge in [0.05, 0.1) is 0 Å². The molecule has 1 aliphatic heterocycles. The minimum absolute atomic E-state index is 0.146. The Kier molecular flexibility index (Phi) is 6.41. The number of nitrogens with zero attached hydrogens (tertiary/aromatic N) is 2. The fourth-order valence-electron chi connectivity index (χ4n) is 3.17. The van der Waals surface area contributed by atoms with Gasteiger partial charge in [-0.1, -0.05) is 35.3 Å². The number of nitrogens with one attached hydrogen (secondary N) is 1. The summed E-state index contributed by atoms with van der Waals surface area (Å²) in [6.07, 6.45) is 0. The highest BCUT2D eigenvalue weighted by molar-refractivity contribution is 6.35. The van der Waals surface area contributed by atoms with Crippen molar-refractivity contribution < 1.29 is 4.79 Å². The molecule has 1 N–H and O–H groups in total. The highest BCUT2D eigenvalue weighted by Gasteiger charge is 2.17. The lowest BCUT2D eigenvalue weighted by atomic mass is 10.2. The van der Waals surface area contributed by atoms with Gasteiger partial charge in [-0.2, -0.15) is 0 Å². The third-order valence-electron chi connectivity index (χ3n) is 4.58. The molecule has 0 atom stereocenters. The number of benzene rings is 2. The molecule has 0 unspecified atom stereocenters. The third kappa shape index (κ3) is 5.13. The van der Waals surface area contributed by atoms with Gasteiger partial charge in [0.1, 0.15) is 0 Å². The largest absolute Gasteiger partial charge is 0.369 e. The van der Waals surface area contributed by atoms with Gasteiger partial charge in [0.2, 0.25) is 0 Å². The van der Waals surface area contributed by atoms with Crippen LogP contribution in [0, 0.1) is 6.92 Å². The summed E-state index contributed by atoms with van der Waals surface area (Å²) in [6.45, 7) is 7.55. The Morgan fingerprint density at radius 1 is 1.04 bits per heavy atom. The molecule has 0 radical (unpaired) electrons. The topological polar surface area (TPSA) is 35.6 Å². The van der Waals surface area contributed by atoms with Crippen LogP contribution in [0.25, 0.3) is 0 Å². The first-order valence-electron chi connectivity index (χ1n) is 8.79. The highest BCUT2D eigenvalue weighted by Crippen LogP contribution is 2.19. The molecule has 4 nitrogen and oxygen atoms in total. The summed E-state index contributed by atoms with van der Waals surface area (Å²) in [7, 11) is 0. The molecule has 0 saturated carbocycles. The minimum Gasteiger partial charge on any atom is -0.369 e. The third-order valence-corrected chi connectivity index (χ3v) is 5.01. The summed E-state index contributed by atoms with van der Waals surface area (Å²) in [5.74, 6) is -0.146. The average molecular weight is 392 g/mol. The Morgan fingerprint density at radius 2 is 1.73 bits per heavy atom. The maximum absolute atomic E-state index is 12.2. The summed E-state index contributed by atoms with van der Waals surface area (Å²) >= 11 is 11.9. The van der Waals surface area contributed by atoms with Crippen LogP contribution in [-0.4, -0.2) is 50.1 Å². The van der Waals surface area contributed by atoms with Crippen LogP contribution in [0.1, 0.15) is 15.9 Å². The lowest BCUT2D eigenvalue weighted by Gasteiger charge is -2.36. The van der Waals surface area contributed by atoms with Gasteiger partial charge in [-0.25, -0.2) is 0 Å². The molecule has 1 saturated heterocycles. The summed E-state index contributed by atoms with van der Waals surface area (Å²) in [5, 5.41) is 3.87. The number of hydrogen-bond acceptors (Lipinski definition) is 3. The first kappa shape index (κ1) is 19.0. The van der Waals surface area contributed by atoms with Gasteiger partial charge in [-0.3, -0.25) is 9.69 Å². The van der Waals surface area contributed by atoms with E-state index in [4.69, 9.17) is 23.2 Å². The van der Waals surface area contributed by atoms with E-state index in [-0.39, 0.29) is 5.91 Å². The van der Waals surface area contributed by atoms with Crippen molar-refractivity contribution in [3.63, 3.8) is 0 Å². The molecular formula is C20H23Cl2N3O. The molecule has 0 aromatic heterocycles. The summed E-state index contributed by atoms with van der Waals surface area (Å²) in [4.78, 5) is 17.0. The van der Waals surface area contributed by atoms with Gasteiger partial charge in [-0.15, -0.1) is 0 Å². The molecule has 6 heteroatoms. The van der Waals surface area contributed by atoms with Gasteiger partial charge >= 0.3 is 0 Å². The fraction of sp³-hybridized carbons (Fsp3) is 0.350. The number of carbonyl (C=O) groups is 1. The number of rotatable bonds is 5. The smallest absolute Gasteiger partial charge is 0.251 e. The van der Waals surface area contributed by atoms with E-state index in [9.17, 15) is 4.79 Å². The van der Waals surface area contributed by atoms with E-state index in [0.717, 1.165) is 32.7 Å². The number of anilines is 1. The van der Waals surface area contributed by atoms with Gasteiger partial charge in [0.25, 0.3) is 5.91 Å². The predicted octanol–water partition coefficient (Wildman–Crippen LogP) is 3.85. The number of amides is 1. The maximum atomic E-state index is 12.2. The number of halogens is 2.